The van der Waals surface area contributed by atoms with E-state index in [-0.39, 0.29) is 0 Å². The average Bonchev–Trinajstić information content (AvgIpc) is 3.24. The molecule has 6 rings (SSSR count). The topological polar surface area (TPSA) is 58.0 Å². The highest BCUT2D eigenvalue weighted by molar-refractivity contribution is 7.26. The fourth-order valence-electron chi connectivity index (χ4n) is 4.37. The Morgan fingerprint density at radius 3 is 2.19 bits per heavy atom. The lowest BCUT2D eigenvalue weighted by atomic mass is 9.97. The smallest absolute Gasteiger partial charge is 0.150 e. The van der Waals surface area contributed by atoms with E-state index in [9.17, 15) is 0 Å². The standard InChI is InChI=1S/C25H22N6S/c1-30-12-14-31(15-13-30)24-23-22(26-16-27-24)20-19(17-8-4-2-5-9-17)21(28-29-25(20)32-23)18-10-6-3-7-11-18/h2-11,16H,12-15H2,1H3. The van der Waals surface area contributed by atoms with Gasteiger partial charge in [-0.15, -0.1) is 21.5 Å². The quantitative estimate of drug-likeness (QED) is 0.406. The van der Waals surface area contributed by atoms with Crippen LogP contribution < -0.4 is 4.90 Å². The molecule has 7 heteroatoms. The van der Waals surface area contributed by atoms with Gasteiger partial charge in [0, 0.05) is 42.7 Å². The van der Waals surface area contributed by atoms with Gasteiger partial charge in [0.2, 0.25) is 0 Å². The Bertz CT molecular complexity index is 1390. The zero-order chi connectivity index (χ0) is 21.5. The lowest BCUT2D eigenvalue weighted by molar-refractivity contribution is 0.312. The van der Waals surface area contributed by atoms with Gasteiger partial charge < -0.3 is 9.80 Å². The fraction of sp³-hybridized carbons (Fsp3) is 0.200. The van der Waals surface area contributed by atoms with Crippen molar-refractivity contribution in [3.8, 4) is 22.4 Å². The van der Waals surface area contributed by atoms with E-state index >= 15 is 0 Å². The summed E-state index contributed by atoms with van der Waals surface area (Å²) < 4.78 is 1.09. The van der Waals surface area contributed by atoms with E-state index in [1.165, 1.54) is 0 Å². The highest BCUT2D eigenvalue weighted by atomic mass is 32.1. The van der Waals surface area contributed by atoms with Gasteiger partial charge in [-0.25, -0.2) is 9.97 Å². The Kier molecular flexibility index (Phi) is 4.78. The number of anilines is 1. The lowest BCUT2D eigenvalue weighted by Crippen LogP contribution is -2.44. The van der Waals surface area contributed by atoms with Crippen LogP contribution in [0.1, 0.15) is 0 Å². The molecular weight excluding hydrogens is 416 g/mol. The molecule has 0 unspecified atom stereocenters. The Balaban J connectivity index is 1.64. The Hall–Kier alpha value is -3.42. The molecule has 0 atom stereocenters. The summed E-state index contributed by atoms with van der Waals surface area (Å²) in [5.74, 6) is 1.01. The first-order valence-corrected chi connectivity index (χ1v) is 11.6. The van der Waals surface area contributed by atoms with E-state index in [2.05, 4.69) is 58.3 Å². The highest BCUT2D eigenvalue weighted by Gasteiger charge is 2.24. The van der Waals surface area contributed by atoms with Gasteiger partial charge in [0.25, 0.3) is 0 Å². The fourth-order valence-corrected chi connectivity index (χ4v) is 5.47. The number of fused-ring (bicyclic) bond motifs is 3. The van der Waals surface area contributed by atoms with Crippen LogP contribution in [0.15, 0.2) is 67.0 Å². The lowest BCUT2D eigenvalue weighted by Gasteiger charge is -2.33. The van der Waals surface area contributed by atoms with Crippen LogP contribution in [0.25, 0.3) is 42.8 Å². The molecule has 1 aliphatic rings. The first kappa shape index (κ1) is 19.3. The number of benzene rings is 2. The molecule has 1 saturated heterocycles. The zero-order valence-electron chi connectivity index (χ0n) is 17.8. The number of hydrogen-bond donors (Lipinski definition) is 0. The predicted molar refractivity (Wildman–Crippen MR) is 131 cm³/mol. The molecule has 0 bridgehead atoms. The second-order valence-electron chi connectivity index (χ2n) is 8.10. The molecule has 4 heterocycles. The molecular formula is C25H22N6S. The molecule has 1 aliphatic heterocycles. The first-order valence-electron chi connectivity index (χ1n) is 10.8. The summed E-state index contributed by atoms with van der Waals surface area (Å²) in [7, 11) is 2.17. The van der Waals surface area contributed by atoms with E-state index in [4.69, 9.17) is 15.1 Å². The normalized spacial score (nSPS) is 15.0. The van der Waals surface area contributed by atoms with Crippen molar-refractivity contribution >= 4 is 37.6 Å². The van der Waals surface area contributed by atoms with Crippen molar-refractivity contribution in [2.24, 2.45) is 0 Å². The van der Waals surface area contributed by atoms with E-state index in [1.807, 2.05) is 24.3 Å². The largest absolute Gasteiger partial charge is 0.353 e. The van der Waals surface area contributed by atoms with Gasteiger partial charge in [-0.05, 0) is 12.6 Å². The van der Waals surface area contributed by atoms with Crippen LogP contribution >= 0.6 is 11.3 Å². The van der Waals surface area contributed by atoms with Crippen LogP contribution in [0.3, 0.4) is 0 Å². The number of likely N-dealkylation sites (N-methyl/N-ethyl adjacent to an activating group) is 1. The van der Waals surface area contributed by atoms with Crippen molar-refractivity contribution in [2.45, 2.75) is 0 Å². The molecule has 0 N–H and O–H groups in total. The minimum absolute atomic E-state index is 0.878. The molecule has 2 aromatic carbocycles. The van der Waals surface area contributed by atoms with Gasteiger partial charge in [0.1, 0.15) is 22.7 Å². The van der Waals surface area contributed by atoms with Gasteiger partial charge in [-0.2, -0.15) is 0 Å². The zero-order valence-corrected chi connectivity index (χ0v) is 18.6. The number of rotatable bonds is 3. The predicted octanol–water partition coefficient (Wildman–Crippen LogP) is 4.72. The Morgan fingerprint density at radius 2 is 1.47 bits per heavy atom. The third kappa shape index (κ3) is 3.21. The van der Waals surface area contributed by atoms with E-state index in [0.29, 0.717) is 0 Å². The van der Waals surface area contributed by atoms with Crippen molar-refractivity contribution in [3.63, 3.8) is 0 Å². The second kappa shape index (κ2) is 7.93. The summed E-state index contributed by atoms with van der Waals surface area (Å²) in [5, 5.41) is 10.4. The maximum absolute atomic E-state index is 4.76. The molecule has 5 aromatic rings. The third-order valence-electron chi connectivity index (χ3n) is 6.07. The summed E-state index contributed by atoms with van der Waals surface area (Å²) in [6.45, 7) is 3.99. The van der Waals surface area contributed by atoms with Gasteiger partial charge in [-0.1, -0.05) is 60.7 Å². The van der Waals surface area contributed by atoms with Crippen LogP contribution in [0.2, 0.25) is 0 Å². The minimum atomic E-state index is 0.878. The van der Waals surface area contributed by atoms with Crippen molar-refractivity contribution in [1.82, 2.24) is 25.1 Å². The third-order valence-corrected chi connectivity index (χ3v) is 7.13. The summed E-state index contributed by atoms with van der Waals surface area (Å²) in [5.41, 5.74) is 5.08. The molecule has 32 heavy (non-hydrogen) atoms. The van der Waals surface area contributed by atoms with Crippen LogP contribution in [-0.4, -0.2) is 58.3 Å². The molecule has 3 aromatic heterocycles. The molecule has 0 amide bonds. The van der Waals surface area contributed by atoms with Gasteiger partial charge in [0.15, 0.2) is 0 Å². The molecule has 0 spiro atoms. The first-order chi connectivity index (χ1) is 15.8. The molecule has 0 radical (unpaired) electrons. The maximum Gasteiger partial charge on any atom is 0.150 e. The maximum atomic E-state index is 4.76. The van der Waals surface area contributed by atoms with E-state index < -0.39 is 0 Å². The van der Waals surface area contributed by atoms with Crippen LogP contribution in [0.4, 0.5) is 5.82 Å². The molecule has 0 saturated carbocycles. The van der Waals surface area contributed by atoms with Gasteiger partial charge in [0.05, 0.1) is 10.2 Å². The summed E-state index contributed by atoms with van der Waals surface area (Å²) in [6.07, 6.45) is 1.69. The number of thiophene rings is 1. The summed E-state index contributed by atoms with van der Waals surface area (Å²) >= 11 is 1.64. The SMILES string of the molecule is CN1CCN(c2ncnc3c2sc2nnc(-c4ccccc4)c(-c4ccccc4)c23)CC1. The van der Waals surface area contributed by atoms with Crippen LogP contribution in [-0.2, 0) is 0 Å². The van der Waals surface area contributed by atoms with Crippen molar-refractivity contribution in [1.29, 1.82) is 0 Å². The highest BCUT2D eigenvalue weighted by Crippen LogP contribution is 2.43. The van der Waals surface area contributed by atoms with Crippen molar-refractivity contribution < 1.29 is 0 Å². The van der Waals surface area contributed by atoms with Crippen LogP contribution in [0, 0.1) is 0 Å². The van der Waals surface area contributed by atoms with Gasteiger partial charge >= 0.3 is 0 Å². The number of piperazine rings is 1. The second-order valence-corrected chi connectivity index (χ2v) is 9.10. The average molecular weight is 439 g/mol. The number of aromatic nitrogens is 4. The van der Waals surface area contributed by atoms with Crippen LogP contribution in [0.5, 0.6) is 0 Å². The number of hydrogen-bond acceptors (Lipinski definition) is 7. The number of nitrogens with zero attached hydrogens (tertiary/aromatic N) is 6. The molecule has 0 aliphatic carbocycles. The monoisotopic (exact) mass is 438 g/mol. The molecule has 158 valence electrons. The Labute approximate surface area is 190 Å². The molecule has 6 nitrogen and oxygen atoms in total. The van der Waals surface area contributed by atoms with Crippen molar-refractivity contribution in [3.05, 3.63) is 67.0 Å². The van der Waals surface area contributed by atoms with E-state index in [1.54, 1.807) is 17.7 Å². The van der Waals surface area contributed by atoms with Gasteiger partial charge in [-0.3, -0.25) is 0 Å². The van der Waals surface area contributed by atoms with E-state index in [0.717, 1.165) is 74.8 Å². The Morgan fingerprint density at radius 1 is 0.781 bits per heavy atom. The molecule has 1 fully saturated rings. The minimum Gasteiger partial charge on any atom is -0.353 e. The summed E-state index contributed by atoms with van der Waals surface area (Å²) in [4.78, 5) is 15.1. The summed E-state index contributed by atoms with van der Waals surface area (Å²) in [6, 6.07) is 20.7. The van der Waals surface area contributed by atoms with Crippen molar-refractivity contribution in [2.75, 3.05) is 38.1 Å².